The highest BCUT2D eigenvalue weighted by Gasteiger charge is 2.48. The Morgan fingerprint density at radius 1 is 0.967 bits per heavy atom. The molecule has 0 saturated carbocycles. The molecule has 1 rings (SSSR count). The lowest BCUT2D eigenvalue weighted by molar-refractivity contribution is -0.268. The second-order valence-corrected chi connectivity index (χ2v) is 21.6. The Morgan fingerprint density at radius 3 is 1.87 bits per heavy atom. The first-order valence-corrected chi connectivity index (χ1v) is 17.5. The first kappa shape index (κ1) is 28.0. The van der Waals surface area contributed by atoms with E-state index in [1.807, 2.05) is 6.08 Å². The van der Waals surface area contributed by atoms with Gasteiger partial charge < -0.3 is 18.3 Å². The Balaban J connectivity index is 3.06. The minimum Gasteiger partial charge on any atom is -0.411 e. The summed E-state index contributed by atoms with van der Waals surface area (Å²) in [6.07, 6.45) is 4.29. The standard InChI is InChI=1S/C24H50O4Si2/c1-14-15-16-18(2)25-22-21(28-30(12,13)24(7,8)9)17-20(19(3)26-22)27-29(10,11)23(4,5)6/h14,18-22H,1,15-17H2,2-13H3/t18-,19+,20-,21-,22-/m1/s1. The molecule has 1 aliphatic heterocycles. The zero-order valence-corrected chi connectivity index (χ0v) is 23.9. The summed E-state index contributed by atoms with van der Waals surface area (Å²) >= 11 is 0. The third-order valence-electron chi connectivity index (χ3n) is 7.29. The van der Waals surface area contributed by atoms with Crippen molar-refractivity contribution >= 4 is 16.6 Å². The monoisotopic (exact) mass is 458 g/mol. The summed E-state index contributed by atoms with van der Waals surface area (Å²) in [6, 6.07) is 0. The fourth-order valence-corrected chi connectivity index (χ4v) is 5.76. The summed E-state index contributed by atoms with van der Waals surface area (Å²) in [6.45, 7) is 30.9. The van der Waals surface area contributed by atoms with E-state index in [0.29, 0.717) is 0 Å². The van der Waals surface area contributed by atoms with E-state index in [9.17, 15) is 0 Å². The molecule has 1 aliphatic rings. The lowest BCUT2D eigenvalue weighted by Gasteiger charge is -2.48. The fourth-order valence-electron chi connectivity index (χ4n) is 3.05. The molecular weight excluding hydrogens is 408 g/mol. The van der Waals surface area contributed by atoms with Crippen molar-refractivity contribution in [3.05, 3.63) is 12.7 Å². The fraction of sp³-hybridized carbons (Fsp3) is 0.917. The van der Waals surface area contributed by atoms with Gasteiger partial charge in [0.2, 0.25) is 0 Å². The van der Waals surface area contributed by atoms with Crippen molar-refractivity contribution in [3.63, 3.8) is 0 Å². The van der Waals surface area contributed by atoms with Crippen molar-refractivity contribution in [2.75, 3.05) is 0 Å². The van der Waals surface area contributed by atoms with Gasteiger partial charge in [0.05, 0.1) is 24.4 Å². The molecule has 0 radical (unpaired) electrons. The summed E-state index contributed by atoms with van der Waals surface area (Å²) in [5.41, 5.74) is 0. The van der Waals surface area contributed by atoms with E-state index >= 15 is 0 Å². The van der Waals surface area contributed by atoms with Crippen molar-refractivity contribution in [2.24, 2.45) is 0 Å². The van der Waals surface area contributed by atoms with Crippen LogP contribution in [0.4, 0.5) is 0 Å². The Hall–Kier alpha value is 0.0138. The van der Waals surface area contributed by atoms with Crippen molar-refractivity contribution in [1.82, 2.24) is 0 Å². The smallest absolute Gasteiger partial charge is 0.192 e. The van der Waals surface area contributed by atoms with E-state index in [2.05, 4.69) is 88.2 Å². The van der Waals surface area contributed by atoms with Gasteiger partial charge in [0.15, 0.2) is 22.9 Å². The van der Waals surface area contributed by atoms with Crippen molar-refractivity contribution in [1.29, 1.82) is 0 Å². The summed E-state index contributed by atoms with van der Waals surface area (Å²) < 4.78 is 26.4. The minimum atomic E-state index is -1.98. The molecule has 0 unspecified atom stereocenters. The molecule has 0 bridgehead atoms. The lowest BCUT2D eigenvalue weighted by Crippen LogP contribution is -2.57. The van der Waals surface area contributed by atoms with Gasteiger partial charge in [-0.15, -0.1) is 6.58 Å². The average molecular weight is 459 g/mol. The summed E-state index contributed by atoms with van der Waals surface area (Å²) in [4.78, 5) is 0. The predicted molar refractivity (Wildman–Crippen MR) is 133 cm³/mol. The van der Waals surface area contributed by atoms with Gasteiger partial charge in [0.1, 0.15) is 0 Å². The highest BCUT2D eigenvalue weighted by molar-refractivity contribution is 6.74. The number of rotatable bonds is 9. The van der Waals surface area contributed by atoms with E-state index < -0.39 is 16.6 Å². The second-order valence-electron chi connectivity index (χ2n) is 12.1. The highest BCUT2D eigenvalue weighted by Crippen LogP contribution is 2.42. The molecule has 1 saturated heterocycles. The van der Waals surface area contributed by atoms with Crippen LogP contribution in [0, 0.1) is 0 Å². The summed E-state index contributed by atoms with van der Waals surface area (Å²) in [7, 11) is -3.88. The van der Waals surface area contributed by atoms with Crippen molar-refractivity contribution < 1.29 is 18.3 Å². The van der Waals surface area contributed by atoms with Gasteiger partial charge in [-0.2, -0.15) is 0 Å². The van der Waals surface area contributed by atoms with Crippen LogP contribution in [0.25, 0.3) is 0 Å². The van der Waals surface area contributed by atoms with Crippen LogP contribution in [0.5, 0.6) is 0 Å². The number of hydrogen-bond acceptors (Lipinski definition) is 4. The van der Waals surface area contributed by atoms with Crippen LogP contribution in [-0.2, 0) is 18.3 Å². The van der Waals surface area contributed by atoms with E-state index in [1.54, 1.807) is 0 Å². The molecule has 0 aliphatic carbocycles. The van der Waals surface area contributed by atoms with Crippen LogP contribution in [0.2, 0.25) is 36.3 Å². The zero-order valence-electron chi connectivity index (χ0n) is 21.9. The Labute approximate surface area is 189 Å². The Bertz CT molecular complexity index is 548. The molecule has 0 aromatic carbocycles. The molecule has 0 N–H and O–H groups in total. The quantitative estimate of drug-likeness (QED) is 0.269. The maximum absolute atomic E-state index is 6.84. The van der Waals surface area contributed by atoms with E-state index in [1.165, 1.54) is 0 Å². The van der Waals surface area contributed by atoms with Crippen LogP contribution in [0.1, 0.15) is 74.7 Å². The normalized spacial score (nSPS) is 27.7. The third kappa shape index (κ3) is 7.56. The predicted octanol–water partition coefficient (Wildman–Crippen LogP) is 7.27. The van der Waals surface area contributed by atoms with Crippen LogP contribution in [0.3, 0.4) is 0 Å². The van der Waals surface area contributed by atoms with Gasteiger partial charge in [-0.25, -0.2) is 0 Å². The first-order valence-electron chi connectivity index (χ1n) is 11.7. The van der Waals surface area contributed by atoms with Crippen LogP contribution >= 0.6 is 0 Å². The topological polar surface area (TPSA) is 36.9 Å². The molecule has 0 aromatic rings. The van der Waals surface area contributed by atoms with Crippen molar-refractivity contribution in [2.45, 2.75) is 142 Å². The highest BCUT2D eigenvalue weighted by atomic mass is 28.4. The maximum Gasteiger partial charge on any atom is 0.192 e. The van der Waals surface area contributed by atoms with E-state index in [4.69, 9.17) is 18.3 Å². The zero-order chi connectivity index (χ0) is 23.5. The van der Waals surface area contributed by atoms with Crippen LogP contribution in [-0.4, -0.2) is 47.3 Å². The molecule has 178 valence electrons. The van der Waals surface area contributed by atoms with Gasteiger partial charge in [0.25, 0.3) is 0 Å². The van der Waals surface area contributed by atoms with Gasteiger partial charge >= 0.3 is 0 Å². The van der Waals surface area contributed by atoms with Gasteiger partial charge in [-0.1, -0.05) is 47.6 Å². The van der Waals surface area contributed by atoms with Gasteiger partial charge in [-0.05, 0) is 63.0 Å². The van der Waals surface area contributed by atoms with Gasteiger partial charge in [0, 0.05) is 6.42 Å². The number of allylic oxidation sites excluding steroid dienone is 1. The van der Waals surface area contributed by atoms with Crippen LogP contribution in [0.15, 0.2) is 12.7 Å². The first-order chi connectivity index (χ1) is 13.4. The SMILES string of the molecule is C=CCC[C@@H](C)O[C@@H]1O[C@@H](C)[C@H](O[Si](C)(C)C(C)(C)C)C[C@H]1O[Si](C)(C)C(C)(C)C. The summed E-state index contributed by atoms with van der Waals surface area (Å²) in [5, 5.41) is 0.292. The second kappa shape index (κ2) is 10.3. The molecule has 4 nitrogen and oxygen atoms in total. The third-order valence-corrected chi connectivity index (χ3v) is 16.3. The lowest BCUT2D eigenvalue weighted by atomic mass is 10.0. The molecule has 0 amide bonds. The Morgan fingerprint density at radius 2 is 1.43 bits per heavy atom. The van der Waals surface area contributed by atoms with Gasteiger partial charge in [-0.3, -0.25) is 0 Å². The van der Waals surface area contributed by atoms with E-state index in [0.717, 1.165) is 19.3 Å². The molecule has 0 spiro atoms. The number of hydrogen-bond donors (Lipinski definition) is 0. The van der Waals surface area contributed by atoms with Crippen molar-refractivity contribution in [3.8, 4) is 0 Å². The number of ether oxygens (including phenoxy) is 2. The van der Waals surface area contributed by atoms with E-state index in [-0.39, 0.29) is 40.8 Å². The molecule has 6 heteroatoms. The molecule has 30 heavy (non-hydrogen) atoms. The molecule has 0 aromatic heterocycles. The largest absolute Gasteiger partial charge is 0.411 e. The molecular formula is C24H50O4Si2. The minimum absolute atomic E-state index is 0.0185. The summed E-state index contributed by atoms with van der Waals surface area (Å²) in [5.74, 6) is 0. The van der Waals surface area contributed by atoms with Crippen LogP contribution < -0.4 is 0 Å². The maximum atomic E-state index is 6.84. The average Bonchev–Trinajstić information content (AvgIpc) is 2.54. The molecule has 1 fully saturated rings. The molecule has 5 atom stereocenters. The Kier molecular flexibility index (Phi) is 9.63. The molecule has 1 heterocycles.